The van der Waals surface area contributed by atoms with Gasteiger partial charge in [0.25, 0.3) is 0 Å². The molecule has 0 bridgehead atoms. The number of hydrogen-bond donors (Lipinski definition) is 0. The molecule has 5 nitrogen and oxygen atoms in total. The minimum atomic E-state index is -3.55. The number of esters is 1. The summed E-state index contributed by atoms with van der Waals surface area (Å²) in [5.74, 6) is -1.79. The summed E-state index contributed by atoms with van der Waals surface area (Å²) in [7, 11) is -3.55. The molecule has 0 N–H and O–H groups in total. The monoisotopic (exact) mass is 332 g/mol. The second-order valence-electron chi connectivity index (χ2n) is 4.50. The van der Waals surface area contributed by atoms with Gasteiger partial charge in [0, 0.05) is 11.4 Å². The SMILES string of the molecule is CCOC(=O)CCC(=O)CS(=O)(=O)Cc1ccc(Cl)cc1. The standard InChI is InChI=1S/C14H17ClO5S/c1-2-20-14(17)8-7-13(16)10-21(18,19)9-11-3-5-12(15)6-4-11/h3-6H,2,7-10H2,1H3. The summed E-state index contributed by atoms with van der Waals surface area (Å²) in [4.78, 5) is 22.7. The summed E-state index contributed by atoms with van der Waals surface area (Å²) >= 11 is 5.72. The van der Waals surface area contributed by atoms with Crippen LogP contribution in [0.15, 0.2) is 24.3 Å². The van der Waals surface area contributed by atoms with Crippen LogP contribution in [0.5, 0.6) is 0 Å². The molecule has 7 heteroatoms. The first-order valence-electron chi connectivity index (χ1n) is 6.44. The Morgan fingerprint density at radius 3 is 2.33 bits per heavy atom. The van der Waals surface area contributed by atoms with E-state index < -0.39 is 27.3 Å². The van der Waals surface area contributed by atoms with Crippen molar-refractivity contribution in [3.63, 3.8) is 0 Å². The quantitative estimate of drug-likeness (QED) is 0.682. The molecule has 1 aromatic carbocycles. The lowest BCUT2D eigenvalue weighted by Crippen LogP contribution is -2.19. The van der Waals surface area contributed by atoms with Gasteiger partial charge in [-0.1, -0.05) is 23.7 Å². The van der Waals surface area contributed by atoms with Gasteiger partial charge in [0.05, 0.1) is 18.8 Å². The Kier molecular flexibility index (Phi) is 6.84. The van der Waals surface area contributed by atoms with Crippen LogP contribution in [0.25, 0.3) is 0 Å². The third-order valence-electron chi connectivity index (χ3n) is 2.59. The summed E-state index contributed by atoms with van der Waals surface area (Å²) in [5, 5.41) is 0.515. The number of ether oxygens (including phenoxy) is 1. The first kappa shape index (κ1) is 17.7. The van der Waals surface area contributed by atoms with Gasteiger partial charge in [0.2, 0.25) is 0 Å². The topological polar surface area (TPSA) is 77.5 Å². The zero-order chi connectivity index (χ0) is 15.9. The van der Waals surface area contributed by atoms with E-state index in [9.17, 15) is 18.0 Å². The molecule has 0 aliphatic carbocycles. The first-order chi connectivity index (χ1) is 9.82. The lowest BCUT2D eigenvalue weighted by molar-refractivity contribution is -0.144. The van der Waals surface area contributed by atoms with Crippen molar-refractivity contribution in [2.24, 2.45) is 0 Å². The number of carbonyl (C=O) groups is 2. The molecule has 116 valence electrons. The maximum absolute atomic E-state index is 11.9. The summed E-state index contributed by atoms with van der Waals surface area (Å²) in [6, 6.07) is 6.38. The second kappa shape index (κ2) is 8.14. The summed E-state index contributed by atoms with van der Waals surface area (Å²) < 4.78 is 28.5. The van der Waals surface area contributed by atoms with Crippen molar-refractivity contribution in [2.45, 2.75) is 25.5 Å². The van der Waals surface area contributed by atoms with E-state index in [2.05, 4.69) is 4.74 Å². The molecule has 0 radical (unpaired) electrons. The maximum Gasteiger partial charge on any atom is 0.306 e. The lowest BCUT2D eigenvalue weighted by atomic mass is 10.2. The van der Waals surface area contributed by atoms with Gasteiger partial charge in [-0.2, -0.15) is 0 Å². The van der Waals surface area contributed by atoms with Crippen LogP contribution in [-0.4, -0.2) is 32.5 Å². The Morgan fingerprint density at radius 1 is 1.14 bits per heavy atom. The second-order valence-corrected chi connectivity index (χ2v) is 7.00. The van der Waals surface area contributed by atoms with Gasteiger partial charge in [0.1, 0.15) is 11.5 Å². The van der Waals surface area contributed by atoms with E-state index in [1.54, 1.807) is 31.2 Å². The summed E-state index contributed by atoms with van der Waals surface area (Å²) in [6.45, 7) is 1.90. The summed E-state index contributed by atoms with van der Waals surface area (Å²) in [6.07, 6.45) is -0.220. The van der Waals surface area contributed by atoms with Gasteiger partial charge in [-0.3, -0.25) is 9.59 Å². The van der Waals surface area contributed by atoms with E-state index in [1.807, 2.05) is 0 Å². The van der Waals surface area contributed by atoms with E-state index in [0.717, 1.165) is 0 Å². The number of sulfone groups is 1. The van der Waals surface area contributed by atoms with Gasteiger partial charge < -0.3 is 4.74 Å². The lowest BCUT2D eigenvalue weighted by Gasteiger charge is -2.05. The number of carbonyl (C=O) groups excluding carboxylic acids is 2. The van der Waals surface area contributed by atoms with E-state index >= 15 is 0 Å². The van der Waals surface area contributed by atoms with Gasteiger partial charge in [-0.15, -0.1) is 0 Å². The van der Waals surface area contributed by atoms with Crippen LogP contribution in [0.1, 0.15) is 25.3 Å². The van der Waals surface area contributed by atoms with Crippen LogP contribution in [-0.2, 0) is 29.9 Å². The fourth-order valence-electron chi connectivity index (χ4n) is 1.68. The minimum absolute atomic E-state index is 0.0941. The Bertz CT molecular complexity index is 592. The molecule has 0 aliphatic rings. The average Bonchev–Trinajstić information content (AvgIpc) is 2.39. The molecular weight excluding hydrogens is 316 g/mol. The van der Waals surface area contributed by atoms with Crippen molar-refractivity contribution >= 4 is 33.2 Å². The number of rotatable bonds is 8. The number of hydrogen-bond acceptors (Lipinski definition) is 5. The smallest absolute Gasteiger partial charge is 0.306 e. The highest BCUT2D eigenvalue weighted by Gasteiger charge is 2.18. The molecule has 1 rings (SSSR count). The Morgan fingerprint density at radius 2 is 1.76 bits per heavy atom. The van der Waals surface area contributed by atoms with Crippen molar-refractivity contribution < 1.29 is 22.7 Å². The van der Waals surface area contributed by atoms with Crippen molar-refractivity contribution in [3.8, 4) is 0 Å². The molecule has 0 fully saturated rings. The first-order valence-corrected chi connectivity index (χ1v) is 8.64. The van der Waals surface area contributed by atoms with Crippen molar-refractivity contribution in [3.05, 3.63) is 34.9 Å². The van der Waals surface area contributed by atoms with Crippen molar-refractivity contribution in [2.75, 3.05) is 12.4 Å². The molecule has 1 aromatic rings. The normalized spacial score (nSPS) is 11.1. The molecule has 0 heterocycles. The molecule has 21 heavy (non-hydrogen) atoms. The van der Waals surface area contributed by atoms with Crippen LogP contribution in [0, 0.1) is 0 Å². The van der Waals surface area contributed by atoms with E-state index in [4.69, 9.17) is 11.6 Å². The highest BCUT2D eigenvalue weighted by atomic mass is 35.5. The number of Topliss-reactive ketones (excluding diaryl/α,β-unsaturated/α-hetero) is 1. The van der Waals surface area contributed by atoms with Crippen LogP contribution >= 0.6 is 11.6 Å². The molecule has 0 amide bonds. The molecule has 0 saturated heterocycles. The molecule has 0 aliphatic heterocycles. The largest absolute Gasteiger partial charge is 0.466 e. The molecule has 0 atom stereocenters. The molecule has 0 aromatic heterocycles. The van der Waals surface area contributed by atoms with Crippen LogP contribution < -0.4 is 0 Å². The Hall–Kier alpha value is -1.40. The number of halogens is 1. The van der Waals surface area contributed by atoms with Gasteiger partial charge >= 0.3 is 5.97 Å². The third kappa shape index (κ3) is 7.24. The zero-order valence-corrected chi connectivity index (χ0v) is 13.2. The number of ketones is 1. The highest BCUT2D eigenvalue weighted by Crippen LogP contribution is 2.13. The maximum atomic E-state index is 11.9. The molecule has 0 saturated carbocycles. The van der Waals surface area contributed by atoms with Gasteiger partial charge in [-0.05, 0) is 24.6 Å². The van der Waals surface area contributed by atoms with Crippen LogP contribution in [0.3, 0.4) is 0 Å². The van der Waals surface area contributed by atoms with Gasteiger partial charge in [0.15, 0.2) is 9.84 Å². The summed E-state index contributed by atoms with van der Waals surface area (Å²) in [5.41, 5.74) is 0.567. The number of benzene rings is 1. The zero-order valence-electron chi connectivity index (χ0n) is 11.7. The predicted molar refractivity (Wildman–Crippen MR) is 79.8 cm³/mol. The minimum Gasteiger partial charge on any atom is -0.466 e. The van der Waals surface area contributed by atoms with E-state index in [1.165, 1.54) is 0 Å². The van der Waals surface area contributed by atoms with Crippen LogP contribution in [0.2, 0.25) is 5.02 Å². The van der Waals surface area contributed by atoms with Crippen molar-refractivity contribution in [1.82, 2.24) is 0 Å². The molecule has 0 spiro atoms. The van der Waals surface area contributed by atoms with Crippen molar-refractivity contribution in [1.29, 1.82) is 0 Å². The van der Waals surface area contributed by atoms with Crippen LogP contribution in [0.4, 0.5) is 0 Å². The van der Waals surface area contributed by atoms with E-state index in [-0.39, 0.29) is 25.2 Å². The Labute approximate surface area is 129 Å². The molecular formula is C14H17ClO5S. The molecule has 0 unspecified atom stereocenters. The van der Waals surface area contributed by atoms with Gasteiger partial charge in [-0.25, -0.2) is 8.42 Å². The fraction of sp³-hybridized carbons (Fsp3) is 0.429. The average molecular weight is 333 g/mol. The van der Waals surface area contributed by atoms with E-state index in [0.29, 0.717) is 10.6 Å². The Balaban J connectivity index is 2.50. The third-order valence-corrected chi connectivity index (χ3v) is 4.38. The highest BCUT2D eigenvalue weighted by molar-refractivity contribution is 7.91. The predicted octanol–water partition coefficient (Wildman–Crippen LogP) is 2.17. The fourth-order valence-corrected chi connectivity index (χ4v) is 3.24.